The van der Waals surface area contributed by atoms with Gasteiger partial charge in [-0.25, -0.2) is 8.42 Å². The predicted molar refractivity (Wildman–Crippen MR) is 111 cm³/mol. The summed E-state index contributed by atoms with van der Waals surface area (Å²) in [6.45, 7) is 0.0347. The van der Waals surface area contributed by atoms with E-state index in [0.29, 0.717) is 0 Å². The summed E-state index contributed by atoms with van der Waals surface area (Å²) in [5, 5.41) is 15.4. The number of hydrogen-bond acceptors (Lipinski definition) is 7. The molecule has 9 nitrogen and oxygen atoms in total. The van der Waals surface area contributed by atoms with E-state index in [9.17, 15) is 23.3 Å². The van der Waals surface area contributed by atoms with Crippen molar-refractivity contribution in [1.29, 1.82) is 0 Å². The van der Waals surface area contributed by atoms with Gasteiger partial charge in [0, 0.05) is 12.7 Å². The van der Waals surface area contributed by atoms with Gasteiger partial charge in [-0.3, -0.25) is 19.9 Å². The summed E-state index contributed by atoms with van der Waals surface area (Å²) in [6.07, 6.45) is 2.51. The molecule has 4 rings (SSSR count). The maximum atomic E-state index is 13.2. The Bertz CT molecular complexity index is 1210. The summed E-state index contributed by atoms with van der Waals surface area (Å²) >= 11 is 1.07. The van der Waals surface area contributed by atoms with Crippen LogP contribution in [0.15, 0.2) is 64.4 Å². The first-order valence-corrected chi connectivity index (χ1v) is 11.2. The molecule has 1 aromatic carbocycles. The molecule has 3 heterocycles. The Kier molecular flexibility index (Phi) is 5.33. The molecule has 3 aromatic rings. The molecule has 1 atom stereocenters. The zero-order valence-electron chi connectivity index (χ0n) is 15.5. The van der Waals surface area contributed by atoms with Crippen LogP contribution in [0.5, 0.6) is 0 Å². The summed E-state index contributed by atoms with van der Waals surface area (Å²) in [5.74, 6) is -0.640. The van der Waals surface area contributed by atoms with Crippen molar-refractivity contribution in [2.75, 3.05) is 5.32 Å². The highest BCUT2D eigenvalue weighted by molar-refractivity contribution is 7.91. The number of fused-ring (bicyclic) bond motifs is 1. The zero-order chi connectivity index (χ0) is 21.3. The monoisotopic (exact) mass is 444 g/mol. The smallest absolute Gasteiger partial charge is 0.310 e. The van der Waals surface area contributed by atoms with Crippen LogP contribution >= 0.6 is 11.3 Å². The lowest BCUT2D eigenvalue weighted by atomic mass is 9.95. The quantitative estimate of drug-likeness (QED) is 0.477. The lowest BCUT2D eigenvalue weighted by molar-refractivity contribution is -0.384. The Labute approximate surface area is 176 Å². The summed E-state index contributed by atoms with van der Waals surface area (Å²) in [7, 11) is -3.93. The van der Waals surface area contributed by atoms with Crippen LogP contribution in [0.3, 0.4) is 0 Å². The van der Waals surface area contributed by atoms with E-state index in [-0.39, 0.29) is 28.5 Å². The van der Waals surface area contributed by atoms with Crippen LogP contribution < -0.4 is 5.32 Å². The van der Waals surface area contributed by atoms with Crippen LogP contribution in [-0.2, 0) is 27.8 Å². The standard InChI is InChI=1S/C19H16N4O5S2/c24-19(21-15-7-8-20-11-17(15)23(25)26)16-10-13-4-1-2-5-14(13)12-22(16)30(27,28)18-6-3-9-29-18/h1-9,11,16H,10,12H2,(H,20,21,24)/t16-/m0/s1. The lowest BCUT2D eigenvalue weighted by Crippen LogP contribution is -2.50. The predicted octanol–water partition coefficient (Wildman–Crippen LogP) is 2.81. The Morgan fingerprint density at radius 1 is 1.20 bits per heavy atom. The number of pyridine rings is 1. The molecule has 30 heavy (non-hydrogen) atoms. The number of nitro groups is 1. The molecule has 0 fully saturated rings. The van der Waals surface area contributed by atoms with Gasteiger partial charge in [0.1, 0.15) is 22.1 Å². The number of carbonyl (C=O) groups is 1. The van der Waals surface area contributed by atoms with Crippen molar-refractivity contribution >= 4 is 38.6 Å². The van der Waals surface area contributed by atoms with Crippen molar-refractivity contribution < 1.29 is 18.1 Å². The number of sulfonamides is 1. The molecular weight excluding hydrogens is 428 g/mol. The van der Waals surface area contributed by atoms with Crippen LogP contribution in [0.25, 0.3) is 0 Å². The molecule has 1 aliphatic rings. The second-order valence-corrected chi connectivity index (χ2v) is 9.68. The fourth-order valence-electron chi connectivity index (χ4n) is 3.35. The lowest BCUT2D eigenvalue weighted by Gasteiger charge is -2.34. The number of rotatable bonds is 5. The molecule has 1 amide bonds. The third-order valence-electron chi connectivity index (χ3n) is 4.82. The summed E-state index contributed by atoms with van der Waals surface area (Å²) < 4.78 is 27.8. The van der Waals surface area contributed by atoms with Crippen LogP contribution in [0.4, 0.5) is 11.4 Å². The topological polar surface area (TPSA) is 123 Å². The van der Waals surface area contributed by atoms with Crippen molar-refractivity contribution in [3.8, 4) is 0 Å². The summed E-state index contributed by atoms with van der Waals surface area (Å²) in [4.78, 5) is 27.4. The molecule has 0 saturated heterocycles. The highest BCUT2D eigenvalue weighted by Gasteiger charge is 2.40. The number of hydrogen-bond donors (Lipinski definition) is 1. The Balaban J connectivity index is 1.72. The van der Waals surface area contributed by atoms with Crippen LogP contribution in [0.2, 0.25) is 0 Å². The Morgan fingerprint density at radius 3 is 2.67 bits per heavy atom. The van der Waals surface area contributed by atoms with Crippen molar-refractivity contribution in [1.82, 2.24) is 9.29 Å². The van der Waals surface area contributed by atoms with Crippen molar-refractivity contribution in [2.45, 2.75) is 23.2 Å². The van der Waals surface area contributed by atoms with Crippen LogP contribution in [0, 0.1) is 10.1 Å². The van der Waals surface area contributed by atoms with Crippen LogP contribution in [-0.4, -0.2) is 34.6 Å². The van der Waals surface area contributed by atoms with E-state index in [2.05, 4.69) is 10.3 Å². The van der Waals surface area contributed by atoms with E-state index < -0.39 is 26.9 Å². The van der Waals surface area contributed by atoms with E-state index in [1.54, 1.807) is 11.4 Å². The minimum absolute atomic E-state index is 0.0347. The maximum Gasteiger partial charge on any atom is 0.310 e. The third-order valence-corrected chi connectivity index (χ3v) is 8.05. The van der Waals surface area contributed by atoms with Crippen molar-refractivity contribution in [3.63, 3.8) is 0 Å². The Morgan fingerprint density at radius 2 is 1.97 bits per heavy atom. The molecule has 154 valence electrons. The highest BCUT2D eigenvalue weighted by Crippen LogP contribution is 2.32. The van der Waals surface area contributed by atoms with E-state index in [1.165, 1.54) is 18.3 Å². The third kappa shape index (κ3) is 3.70. The van der Waals surface area contributed by atoms with E-state index >= 15 is 0 Å². The second-order valence-electron chi connectivity index (χ2n) is 6.61. The van der Waals surface area contributed by atoms with Gasteiger partial charge in [0.15, 0.2) is 0 Å². The highest BCUT2D eigenvalue weighted by atomic mass is 32.2. The van der Waals surface area contributed by atoms with Crippen molar-refractivity contribution in [3.05, 3.63) is 81.5 Å². The number of nitrogens with one attached hydrogen (secondary N) is 1. The normalized spacial score (nSPS) is 16.6. The number of anilines is 1. The first-order chi connectivity index (χ1) is 14.4. The van der Waals surface area contributed by atoms with Crippen molar-refractivity contribution in [2.24, 2.45) is 0 Å². The van der Waals surface area contributed by atoms with Gasteiger partial charge >= 0.3 is 5.69 Å². The molecule has 2 aromatic heterocycles. The zero-order valence-corrected chi connectivity index (χ0v) is 17.1. The first kappa shape index (κ1) is 20.1. The van der Waals surface area contributed by atoms with E-state index in [1.807, 2.05) is 24.3 Å². The molecule has 0 radical (unpaired) electrons. The minimum atomic E-state index is -3.93. The molecule has 11 heteroatoms. The van der Waals surface area contributed by atoms with Gasteiger partial charge in [-0.15, -0.1) is 11.3 Å². The number of thiophene rings is 1. The van der Waals surface area contributed by atoms with Gasteiger partial charge < -0.3 is 5.32 Å². The fraction of sp³-hybridized carbons (Fsp3) is 0.158. The number of aromatic nitrogens is 1. The second kappa shape index (κ2) is 7.94. The number of nitrogens with zero attached hydrogens (tertiary/aromatic N) is 3. The van der Waals surface area contributed by atoms with Gasteiger partial charge in [0.2, 0.25) is 5.91 Å². The van der Waals surface area contributed by atoms with E-state index in [4.69, 9.17) is 0 Å². The number of benzene rings is 1. The Hall–Kier alpha value is -3.15. The average Bonchev–Trinajstić information content (AvgIpc) is 3.29. The first-order valence-electron chi connectivity index (χ1n) is 8.89. The fourth-order valence-corrected chi connectivity index (χ4v) is 6.04. The summed E-state index contributed by atoms with van der Waals surface area (Å²) in [6, 6.07) is 10.7. The molecule has 0 unspecified atom stereocenters. The molecular formula is C19H16N4O5S2. The average molecular weight is 444 g/mol. The molecule has 0 spiro atoms. The van der Waals surface area contributed by atoms with Gasteiger partial charge in [-0.05, 0) is 35.1 Å². The minimum Gasteiger partial charge on any atom is -0.319 e. The number of carbonyl (C=O) groups excluding carboxylic acids is 1. The molecule has 0 aliphatic carbocycles. The van der Waals surface area contributed by atoms with Gasteiger partial charge in [0.05, 0.1) is 4.92 Å². The number of amides is 1. The van der Waals surface area contributed by atoms with Gasteiger partial charge in [-0.2, -0.15) is 4.31 Å². The summed E-state index contributed by atoms with van der Waals surface area (Å²) in [5.41, 5.74) is 1.28. The van der Waals surface area contributed by atoms with Crippen LogP contribution in [0.1, 0.15) is 11.1 Å². The van der Waals surface area contributed by atoms with E-state index in [0.717, 1.165) is 33.0 Å². The van der Waals surface area contributed by atoms with Gasteiger partial charge in [-0.1, -0.05) is 30.3 Å². The maximum absolute atomic E-state index is 13.2. The SMILES string of the molecule is O=C(Nc1ccncc1[N+](=O)[O-])[C@@H]1Cc2ccccc2CN1S(=O)(=O)c1cccs1. The molecule has 1 aliphatic heterocycles. The van der Waals surface area contributed by atoms with Gasteiger partial charge in [0.25, 0.3) is 10.0 Å². The molecule has 1 N–H and O–H groups in total. The molecule has 0 bridgehead atoms. The largest absolute Gasteiger partial charge is 0.319 e. The molecule has 0 saturated carbocycles.